The van der Waals surface area contributed by atoms with Crippen LogP contribution in [0.2, 0.25) is 0 Å². The molecule has 0 aliphatic rings. The van der Waals surface area contributed by atoms with Gasteiger partial charge in [0.1, 0.15) is 0 Å². The summed E-state index contributed by atoms with van der Waals surface area (Å²) in [6.45, 7) is 1.12. The second-order valence-corrected chi connectivity index (χ2v) is 4.46. The molecular formula is C13H17F3N2O. The van der Waals surface area contributed by atoms with Crippen molar-refractivity contribution in [2.45, 2.75) is 12.6 Å². The fourth-order valence-electron chi connectivity index (χ4n) is 1.62. The van der Waals surface area contributed by atoms with Crippen molar-refractivity contribution in [2.24, 2.45) is 0 Å². The summed E-state index contributed by atoms with van der Waals surface area (Å²) in [5, 5.41) is 2.50. The fraction of sp³-hybridized carbons (Fsp3) is 0.462. The minimum Gasteiger partial charge on any atom is -0.352 e. The van der Waals surface area contributed by atoms with Gasteiger partial charge in [-0.25, -0.2) is 0 Å². The molecule has 0 saturated heterocycles. The van der Waals surface area contributed by atoms with Gasteiger partial charge in [0.05, 0.1) is 11.1 Å². The number of nitrogens with one attached hydrogen (secondary N) is 1. The van der Waals surface area contributed by atoms with Gasteiger partial charge in [0.25, 0.3) is 5.91 Å². The summed E-state index contributed by atoms with van der Waals surface area (Å²) in [6.07, 6.45) is -3.83. The molecular weight excluding hydrogens is 257 g/mol. The summed E-state index contributed by atoms with van der Waals surface area (Å²) in [6, 6.07) is 4.79. The lowest BCUT2D eigenvalue weighted by Gasteiger charge is -2.13. The van der Waals surface area contributed by atoms with Crippen molar-refractivity contribution >= 4 is 5.91 Å². The van der Waals surface area contributed by atoms with Gasteiger partial charge in [-0.2, -0.15) is 13.2 Å². The highest BCUT2D eigenvalue weighted by molar-refractivity contribution is 5.95. The number of benzene rings is 1. The Bertz CT molecular complexity index is 430. The highest BCUT2D eigenvalue weighted by Gasteiger charge is 2.34. The molecule has 1 N–H and O–H groups in total. The number of nitrogens with zero attached hydrogens (tertiary/aromatic N) is 1. The lowest BCUT2D eigenvalue weighted by Crippen LogP contribution is -2.29. The van der Waals surface area contributed by atoms with Crippen molar-refractivity contribution in [3.8, 4) is 0 Å². The zero-order chi connectivity index (χ0) is 14.5. The number of rotatable bonds is 5. The molecule has 0 atom stereocenters. The summed E-state index contributed by atoms with van der Waals surface area (Å²) in [5.41, 5.74) is -1.24. The van der Waals surface area contributed by atoms with E-state index in [1.807, 2.05) is 19.0 Å². The fourth-order valence-corrected chi connectivity index (χ4v) is 1.62. The first kappa shape index (κ1) is 15.5. The van der Waals surface area contributed by atoms with Crippen LogP contribution >= 0.6 is 0 Å². The number of carbonyl (C=O) groups excluding carboxylic acids is 1. The van der Waals surface area contributed by atoms with Gasteiger partial charge >= 0.3 is 6.18 Å². The molecule has 0 spiro atoms. The van der Waals surface area contributed by atoms with Gasteiger partial charge in [0.15, 0.2) is 0 Å². The molecule has 0 heterocycles. The van der Waals surface area contributed by atoms with E-state index in [1.54, 1.807) is 0 Å². The molecule has 0 aromatic heterocycles. The second-order valence-electron chi connectivity index (χ2n) is 4.46. The third-order valence-electron chi connectivity index (χ3n) is 2.54. The zero-order valence-electron chi connectivity index (χ0n) is 10.9. The SMILES string of the molecule is CN(C)CCCNC(=O)c1ccccc1C(F)(F)F. The molecule has 0 aliphatic heterocycles. The van der Waals surface area contributed by atoms with E-state index in [4.69, 9.17) is 0 Å². The first-order chi connectivity index (χ1) is 8.82. The molecule has 0 fully saturated rings. The van der Waals surface area contributed by atoms with E-state index >= 15 is 0 Å². The van der Waals surface area contributed by atoms with Crippen LogP contribution in [0.15, 0.2) is 24.3 Å². The van der Waals surface area contributed by atoms with Crippen LogP contribution in [-0.4, -0.2) is 38.0 Å². The van der Waals surface area contributed by atoms with Gasteiger partial charge in [-0.3, -0.25) is 4.79 Å². The molecule has 0 aliphatic carbocycles. The Morgan fingerprint density at radius 1 is 1.26 bits per heavy atom. The van der Waals surface area contributed by atoms with Crippen molar-refractivity contribution in [3.05, 3.63) is 35.4 Å². The third kappa shape index (κ3) is 4.90. The maximum absolute atomic E-state index is 12.7. The molecule has 1 rings (SSSR count). The quantitative estimate of drug-likeness (QED) is 0.836. The van der Waals surface area contributed by atoms with Gasteiger partial charge in [-0.1, -0.05) is 12.1 Å². The van der Waals surface area contributed by atoms with Crippen LogP contribution < -0.4 is 5.32 Å². The second kappa shape index (κ2) is 6.56. The Morgan fingerprint density at radius 3 is 2.47 bits per heavy atom. The van der Waals surface area contributed by atoms with Gasteiger partial charge in [0, 0.05) is 6.54 Å². The summed E-state index contributed by atoms with van der Waals surface area (Å²) in [7, 11) is 3.78. The van der Waals surface area contributed by atoms with E-state index < -0.39 is 17.6 Å². The number of hydrogen-bond acceptors (Lipinski definition) is 2. The summed E-state index contributed by atoms with van der Waals surface area (Å²) >= 11 is 0. The molecule has 1 amide bonds. The van der Waals surface area contributed by atoms with Crippen molar-refractivity contribution in [1.82, 2.24) is 10.2 Å². The third-order valence-corrected chi connectivity index (χ3v) is 2.54. The lowest BCUT2D eigenvalue weighted by molar-refractivity contribution is -0.137. The lowest BCUT2D eigenvalue weighted by atomic mass is 10.1. The summed E-state index contributed by atoms with van der Waals surface area (Å²) in [4.78, 5) is 13.7. The summed E-state index contributed by atoms with van der Waals surface area (Å²) < 4.78 is 38.1. The standard InChI is InChI=1S/C13H17F3N2O/c1-18(2)9-5-8-17-12(19)10-6-3-4-7-11(10)13(14,15)16/h3-4,6-7H,5,8-9H2,1-2H3,(H,17,19). The smallest absolute Gasteiger partial charge is 0.352 e. The topological polar surface area (TPSA) is 32.3 Å². The van der Waals surface area contributed by atoms with Crippen LogP contribution in [-0.2, 0) is 6.18 Å². The molecule has 1 aromatic rings. The average Bonchev–Trinajstić information content (AvgIpc) is 2.33. The predicted molar refractivity (Wildman–Crippen MR) is 66.9 cm³/mol. The van der Waals surface area contributed by atoms with Gasteiger partial charge in [0.2, 0.25) is 0 Å². The summed E-state index contributed by atoms with van der Waals surface area (Å²) in [5.74, 6) is -0.688. The maximum atomic E-state index is 12.7. The van der Waals surface area contributed by atoms with Gasteiger partial charge < -0.3 is 10.2 Å². The minimum atomic E-state index is -4.52. The molecule has 19 heavy (non-hydrogen) atoms. The Labute approximate surface area is 110 Å². The highest BCUT2D eigenvalue weighted by atomic mass is 19.4. The monoisotopic (exact) mass is 274 g/mol. The predicted octanol–water partition coefficient (Wildman–Crippen LogP) is 2.39. The highest BCUT2D eigenvalue weighted by Crippen LogP contribution is 2.31. The largest absolute Gasteiger partial charge is 0.417 e. The molecule has 106 valence electrons. The number of halogens is 3. The van der Waals surface area contributed by atoms with Crippen LogP contribution in [0, 0.1) is 0 Å². The molecule has 0 saturated carbocycles. The van der Waals surface area contributed by atoms with Crippen LogP contribution in [0.3, 0.4) is 0 Å². The zero-order valence-corrected chi connectivity index (χ0v) is 10.9. The van der Waals surface area contributed by atoms with Crippen molar-refractivity contribution in [1.29, 1.82) is 0 Å². The molecule has 0 bridgehead atoms. The van der Waals surface area contributed by atoms with Crippen LogP contribution in [0.1, 0.15) is 22.3 Å². The van der Waals surface area contributed by atoms with Crippen molar-refractivity contribution in [2.75, 3.05) is 27.2 Å². The van der Waals surface area contributed by atoms with E-state index in [1.165, 1.54) is 18.2 Å². The van der Waals surface area contributed by atoms with Gasteiger partial charge in [-0.05, 0) is 39.2 Å². The first-order valence-electron chi connectivity index (χ1n) is 5.91. The number of hydrogen-bond donors (Lipinski definition) is 1. The van der Waals surface area contributed by atoms with Crippen LogP contribution in [0.5, 0.6) is 0 Å². The van der Waals surface area contributed by atoms with Crippen molar-refractivity contribution in [3.63, 3.8) is 0 Å². The molecule has 0 unspecified atom stereocenters. The molecule has 0 radical (unpaired) electrons. The first-order valence-corrected chi connectivity index (χ1v) is 5.91. The van der Waals surface area contributed by atoms with Gasteiger partial charge in [-0.15, -0.1) is 0 Å². The maximum Gasteiger partial charge on any atom is 0.417 e. The Kier molecular flexibility index (Phi) is 5.35. The van der Waals surface area contributed by atoms with Crippen molar-refractivity contribution < 1.29 is 18.0 Å². The van der Waals surface area contributed by atoms with E-state index in [0.29, 0.717) is 13.0 Å². The minimum absolute atomic E-state index is 0.333. The van der Waals surface area contributed by atoms with E-state index in [9.17, 15) is 18.0 Å². The van der Waals surface area contributed by atoms with E-state index in [-0.39, 0.29) is 5.56 Å². The Hall–Kier alpha value is -1.56. The average molecular weight is 274 g/mol. The van der Waals surface area contributed by atoms with E-state index in [0.717, 1.165) is 12.6 Å². The van der Waals surface area contributed by atoms with Crippen LogP contribution in [0.4, 0.5) is 13.2 Å². The number of carbonyl (C=O) groups is 1. The molecule has 3 nitrogen and oxygen atoms in total. The Morgan fingerprint density at radius 2 is 1.89 bits per heavy atom. The van der Waals surface area contributed by atoms with Crippen LogP contribution in [0.25, 0.3) is 0 Å². The molecule has 1 aromatic carbocycles. The Balaban J connectivity index is 2.67. The number of alkyl halides is 3. The normalized spacial score (nSPS) is 11.7. The van der Waals surface area contributed by atoms with E-state index in [2.05, 4.69) is 5.32 Å². The molecule has 6 heteroatoms. The number of amides is 1.